The number of aliphatic carboxylic acids is 1. The number of hydrogen-bond acceptors (Lipinski definition) is 8. The van der Waals surface area contributed by atoms with E-state index in [2.05, 4.69) is 10.0 Å². The zero-order valence-corrected chi connectivity index (χ0v) is 14.7. The van der Waals surface area contributed by atoms with Crippen molar-refractivity contribution in [3.05, 3.63) is 0 Å². The first-order valence-electron chi connectivity index (χ1n) is 8.18. The van der Waals surface area contributed by atoms with Crippen molar-refractivity contribution in [1.29, 1.82) is 0 Å². The maximum Gasteiger partial charge on any atom is 0.451 e. The van der Waals surface area contributed by atoms with E-state index in [1.54, 1.807) is 0 Å². The maximum atomic E-state index is 12.6. The molecule has 0 spiro atoms. The van der Waals surface area contributed by atoms with Gasteiger partial charge in [-0.05, 0) is 12.7 Å². The summed E-state index contributed by atoms with van der Waals surface area (Å²) >= 11 is 0. The third kappa shape index (κ3) is 4.68. The third-order valence-corrected chi connectivity index (χ3v) is 6.46. The summed E-state index contributed by atoms with van der Waals surface area (Å²) < 4.78 is 28.7. The van der Waals surface area contributed by atoms with E-state index in [9.17, 15) is 18.3 Å². The quantitative estimate of drug-likeness (QED) is 0.206. The average molecular weight is 379 g/mol. The van der Waals surface area contributed by atoms with Crippen molar-refractivity contribution in [3.8, 4) is 0 Å². The molecule has 0 bridgehead atoms. The van der Waals surface area contributed by atoms with Crippen LogP contribution in [-0.4, -0.2) is 84.8 Å². The van der Waals surface area contributed by atoms with Crippen molar-refractivity contribution < 1.29 is 28.4 Å². The summed E-state index contributed by atoms with van der Waals surface area (Å²) in [5, 5.41) is 30.3. The number of nitrogens with zero attached hydrogens (tertiary/aromatic N) is 1. The van der Waals surface area contributed by atoms with E-state index in [4.69, 9.17) is 21.5 Å². The average Bonchev–Trinajstić information content (AvgIpc) is 3.04. The van der Waals surface area contributed by atoms with Gasteiger partial charge in [-0.2, -0.15) is 17.4 Å². The van der Waals surface area contributed by atoms with Gasteiger partial charge < -0.3 is 31.9 Å². The largest absolute Gasteiger partial charge is 0.480 e. The SMILES string of the molecule is N[C@H]1CNC[C@H]1NS(=O)(=O)N1C[C@H](CCCB(O)O)[C@](N)(C(=O)O)C1. The molecular weight excluding hydrogens is 353 g/mol. The highest BCUT2D eigenvalue weighted by molar-refractivity contribution is 7.87. The Morgan fingerprint density at radius 3 is 2.60 bits per heavy atom. The number of nitrogens with one attached hydrogen (secondary N) is 2. The van der Waals surface area contributed by atoms with Gasteiger partial charge in [-0.1, -0.05) is 6.42 Å². The fraction of sp³-hybridized carbons (Fsp3) is 0.917. The topological polar surface area (TPSA) is 191 Å². The van der Waals surface area contributed by atoms with Gasteiger partial charge in [-0.25, -0.2) is 0 Å². The van der Waals surface area contributed by atoms with Gasteiger partial charge >= 0.3 is 13.1 Å². The molecule has 0 aromatic heterocycles. The van der Waals surface area contributed by atoms with Gasteiger partial charge in [0.2, 0.25) is 0 Å². The van der Waals surface area contributed by atoms with Gasteiger partial charge in [0, 0.05) is 38.1 Å². The summed E-state index contributed by atoms with van der Waals surface area (Å²) in [6.45, 7) is 0.502. The second-order valence-electron chi connectivity index (χ2n) is 6.80. The fourth-order valence-corrected chi connectivity index (χ4v) is 4.86. The molecule has 2 aliphatic heterocycles. The second-order valence-corrected chi connectivity index (χ2v) is 8.50. The Morgan fingerprint density at radius 1 is 1.40 bits per heavy atom. The Hall–Kier alpha value is -0.795. The summed E-state index contributed by atoms with van der Waals surface area (Å²) in [7, 11) is -5.42. The van der Waals surface area contributed by atoms with E-state index in [0.29, 0.717) is 19.5 Å². The lowest BCUT2D eigenvalue weighted by Gasteiger charge is -2.25. The number of rotatable bonds is 8. The van der Waals surface area contributed by atoms with Crippen LogP contribution in [0.15, 0.2) is 0 Å². The summed E-state index contributed by atoms with van der Waals surface area (Å²) in [6.07, 6.45) is 0.671. The standard InChI is InChI=1S/C12H26BN5O6S/c14-9-4-16-5-10(9)17-25(23,24)18-6-8(2-1-3-13(21)22)12(15,7-18)11(19)20/h8-10,16-17,21-22H,1-7,14-15H2,(H,19,20)/t8-,9-,10+,12-/m0/s1. The molecule has 2 rings (SSSR count). The van der Waals surface area contributed by atoms with Crippen molar-refractivity contribution in [2.24, 2.45) is 17.4 Å². The number of nitrogens with two attached hydrogens (primary N) is 2. The van der Waals surface area contributed by atoms with Crippen LogP contribution in [0, 0.1) is 5.92 Å². The minimum absolute atomic E-state index is 0.0466. The lowest BCUT2D eigenvalue weighted by atomic mass is 9.78. The highest BCUT2D eigenvalue weighted by Gasteiger charge is 2.52. The first-order chi connectivity index (χ1) is 11.6. The van der Waals surface area contributed by atoms with Crippen LogP contribution in [0.4, 0.5) is 0 Å². The van der Waals surface area contributed by atoms with Crippen molar-refractivity contribution in [1.82, 2.24) is 14.3 Å². The molecular formula is C12H26BN5O6S. The molecule has 0 aromatic carbocycles. The van der Waals surface area contributed by atoms with Gasteiger partial charge in [0.05, 0.1) is 6.04 Å². The zero-order chi connectivity index (χ0) is 18.8. The molecule has 4 atom stereocenters. The minimum Gasteiger partial charge on any atom is -0.480 e. The van der Waals surface area contributed by atoms with Gasteiger partial charge in [0.1, 0.15) is 5.54 Å². The molecule has 0 aromatic rings. The summed E-state index contributed by atoms with van der Waals surface area (Å²) in [4.78, 5) is 11.6. The van der Waals surface area contributed by atoms with Crippen LogP contribution in [0.3, 0.4) is 0 Å². The molecule has 2 saturated heterocycles. The maximum absolute atomic E-state index is 12.6. The molecule has 25 heavy (non-hydrogen) atoms. The lowest BCUT2D eigenvalue weighted by molar-refractivity contribution is -0.144. The van der Waals surface area contributed by atoms with Crippen LogP contribution in [0.1, 0.15) is 12.8 Å². The first kappa shape index (κ1) is 20.5. The molecule has 2 fully saturated rings. The molecule has 2 heterocycles. The lowest BCUT2D eigenvalue weighted by Crippen LogP contribution is -2.56. The van der Waals surface area contributed by atoms with Crippen LogP contribution >= 0.6 is 0 Å². The summed E-state index contributed by atoms with van der Waals surface area (Å²) in [5.41, 5.74) is 10.1. The Bertz CT molecular complexity index is 593. The predicted octanol–water partition coefficient (Wildman–Crippen LogP) is -3.91. The molecule has 9 N–H and O–H groups in total. The van der Waals surface area contributed by atoms with Crippen molar-refractivity contribution >= 4 is 23.3 Å². The third-order valence-electron chi connectivity index (χ3n) is 4.90. The zero-order valence-electron chi connectivity index (χ0n) is 13.8. The van der Waals surface area contributed by atoms with Crippen molar-refractivity contribution in [2.45, 2.75) is 36.8 Å². The second kappa shape index (κ2) is 7.84. The smallest absolute Gasteiger partial charge is 0.451 e. The molecule has 0 radical (unpaired) electrons. The van der Waals surface area contributed by atoms with Crippen LogP contribution in [0.2, 0.25) is 6.32 Å². The fourth-order valence-electron chi connectivity index (χ4n) is 3.31. The number of carboxylic acid groups (broad SMARTS) is 1. The van der Waals surface area contributed by atoms with E-state index in [1.807, 2.05) is 0 Å². The monoisotopic (exact) mass is 379 g/mol. The van der Waals surface area contributed by atoms with E-state index in [0.717, 1.165) is 4.31 Å². The number of hydrogen-bond donors (Lipinski definition) is 7. The molecule has 2 aliphatic rings. The first-order valence-corrected chi connectivity index (χ1v) is 9.62. The Kier molecular flexibility index (Phi) is 6.43. The Morgan fingerprint density at radius 2 is 2.08 bits per heavy atom. The molecule has 144 valence electrons. The molecule has 13 heteroatoms. The number of carboxylic acids is 1. The highest BCUT2D eigenvalue weighted by atomic mass is 32.2. The van der Waals surface area contributed by atoms with Crippen LogP contribution in [0.25, 0.3) is 0 Å². The van der Waals surface area contributed by atoms with Gasteiger partial charge in [-0.3, -0.25) is 4.79 Å². The predicted molar refractivity (Wildman–Crippen MR) is 90.5 cm³/mol. The van der Waals surface area contributed by atoms with E-state index in [-0.39, 0.29) is 31.9 Å². The van der Waals surface area contributed by atoms with Gasteiger partial charge in [0.25, 0.3) is 10.2 Å². The molecule has 0 saturated carbocycles. The van der Waals surface area contributed by atoms with E-state index >= 15 is 0 Å². The minimum atomic E-state index is -3.93. The Labute approximate surface area is 147 Å². The van der Waals surface area contributed by atoms with Crippen LogP contribution in [0.5, 0.6) is 0 Å². The van der Waals surface area contributed by atoms with Crippen LogP contribution in [-0.2, 0) is 15.0 Å². The molecule has 0 aliphatic carbocycles. The molecule has 0 unspecified atom stereocenters. The van der Waals surface area contributed by atoms with Crippen LogP contribution < -0.4 is 21.5 Å². The Balaban J connectivity index is 2.07. The van der Waals surface area contributed by atoms with Crippen molar-refractivity contribution in [3.63, 3.8) is 0 Å². The van der Waals surface area contributed by atoms with Gasteiger partial charge in [0.15, 0.2) is 0 Å². The van der Waals surface area contributed by atoms with E-state index < -0.39 is 40.8 Å². The highest BCUT2D eigenvalue weighted by Crippen LogP contribution is 2.32. The van der Waals surface area contributed by atoms with Gasteiger partial charge in [-0.15, -0.1) is 0 Å². The van der Waals surface area contributed by atoms with Crippen molar-refractivity contribution in [2.75, 3.05) is 26.2 Å². The molecule has 0 amide bonds. The molecule has 11 nitrogen and oxygen atoms in total. The summed E-state index contributed by atoms with van der Waals surface area (Å²) in [6, 6.07) is -0.827. The summed E-state index contributed by atoms with van der Waals surface area (Å²) in [5.74, 6) is -1.91. The number of carbonyl (C=O) groups is 1. The van der Waals surface area contributed by atoms with E-state index in [1.165, 1.54) is 0 Å². The normalized spacial score (nSPS) is 33.7.